The van der Waals surface area contributed by atoms with Gasteiger partial charge in [-0.3, -0.25) is 9.69 Å². The molecule has 1 saturated heterocycles. The lowest BCUT2D eigenvalue weighted by atomic mass is 10.1. The zero-order valence-corrected chi connectivity index (χ0v) is 20.7. The predicted octanol–water partition coefficient (Wildman–Crippen LogP) is 3.39. The monoisotopic (exact) mass is 495 g/mol. The van der Waals surface area contributed by atoms with Crippen LogP contribution in [0.2, 0.25) is 5.02 Å². The van der Waals surface area contributed by atoms with E-state index in [9.17, 15) is 13.2 Å². The maximum Gasteiger partial charge on any atom is 0.243 e. The molecule has 1 aliphatic heterocycles. The zero-order valence-electron chi connectivity index (χ0n) is 19.1. The van der Waals surface area contributed by atoms with E-state index in [1.807, 2.05) is 43.0 Å². The molecule has 3 rings (SSSR count). The molecular weight excluding hydrogens is 466 g/mol. The van der Waals surface area contributed by atoms with Crippen molar-refractivity contribution in [2.45, 2.75) is 24.8 Å². The number of ether oxygens (including phenoxy) is 2. The first-order valence-electron chi connectivity index (χ1n) is 10.8. The van der Waals surface area contributed by atoms with Crippen LogP contribution in [-0.2, 0) is 19.6 Å². The first-order chi connectivity index (χ1) is 15.8. The van der Waals surface area contributed by atoms with E-state index >= 15 is 0 Å². The molecular formula is C23H30ClN3O5S. The van der Waals surface area contributed by atoms with Crippen LogP contribution in [-0.4, -0.2) is 70.0 Å². The van der Waals surface area contributed by atoms with Crippen molar-refractivity contribution < 1.29 is 22.7 Å². The first-order valence-corrected chi connectivity index (χ1v) is 12.6. The summed E-state index contributed by atoms with van der Waals surface area (Å²) in [6.07, 6.45) is 0. The molecule has 1 N–H and O–H groups in total. The van der Waals surface area contributed by atoms with E-state index in [2.05, 4.69) is 5.32 Å². The Hall–Kier alpha value is -2.17. The molecule has 1 atom stereocenters. The third-order valence-corrected chi connectivity index (χ3v) is 7.92. The van der Waals surface area contributed by atoms with Crippen molar-refractivity contribution in [1.29, 1.82) is 0 Å². The lowest BCUT2D eigenvalue weighted by molar-refractivity contribution is -0.117. The third kappa shape index (κ3) is 6.24. The quantitative estimate of drug-likeness (QED) is 0.573. The Labute approximate surface area is 200 Å². The molecule has 0 saturated carbocycles. The molecule has 1 amide bonds. The fourth-order valence-electron chi connectivity index (χ4n) is 3.71. The standard InChI is InChI=1S/C23H30ClN3O5S/c1-4-26(17(2)18-6-5-7-19(14-18)31-3)16-23(28)25-22-15-20(8-9-21(22)24)33(29,30)27-10-12-32-13-11-27/h5-9,14-15,17H,4,10-13,16H2,1-3H3,(H,25,28)/t17-/m0/s1. The fraction of sp³-hybridized carbons (Fsp3) is 0.435. The number of rotatable bonds is 9. The Morgan fingerprint density at radius 1 is 1.24 bits per heavy atom. The van der Waals surface area contributed by atoms with Gasteiger partial charge in [-0.25, -0.2) is 8.42 Å². The number of amides is 1. The largest absolute Gasteiger partial charge is 0.497 e. The number of methoxy groups -OCH3 is 1. The summed E-state index contributed by atoms with van der Waals surface area (Å²) in [5.41, 5.74) is 1.29. The molecule has 0 spiro atoms. The van der Waals surface area contributed by atoms with Gasteiger partial charge in [-0.2, -0.15) is 4.31 Å². The van der Waals surface area contributed by atoms with Gasteiger partial charge in [0.25, 0.3) is 0 Å². The second-order valence-corrected chi connectivity index (χ2v) is 10.1. The molecule has 0 aliphatic carbocycles. The summed E-state index contributed by atoms with van der Waals surface area (Å²) in [6.45, 7) is 6.06. The number of benzene rings is 2. The number of morpholine rings is 1. The van der Waals surface area contributed by atoms with Crippen LogP contribution in [0.15, 0.2) is 47.4 Å². The SMILES string of the molecule is CCN(CC(=O)Nc1cc(S(=O)(=O)N2CCOCC2)ccc1Cl)[C@@H](C)c1cccc(OC)c1. The van der Waals surface area contributed by atoms with Gasteiger partial charge in [0, 0.05) is 19.1 Å². The molecule has 0 bridgehead atoms. The second-order valence-electron chi connectivity index (χ2n) is 7.72. The van der Waals surface area contributed by atoms with Crippen molar-refractivity contribution in [2.75, 3.05) is 51.8 Å². The molecule has 180 valence electrons. The molecule has 2 aromatic rings. The Bertz CT molecular complexity index is 1070. The van der Waals surface area contributed by atoms with Gasteiger partial charge >= 0.3 is 0 Å². The molecule has 33 heavy (non-hydrogen) atoms. The fourth-order valence-corrected chi connectivity index (χ4v) is 5.31. The van der Waals surface area contributed by atoms with Crippen LogP contribution >= 0.6 is 11.6 Å². The number of carbonyl (C=O) groups is 1. The summed E-state index contributed by atoms with van der Waals surface area (Å²) in [5.74, 6) is 0.472. The number of hydrogen-bond acceptors (Lipinski definition) is 6. The number of hydrogen-bond donors (Lipinski definition) is 1. The summed E-state index contributed by atoms with van der Waals surface area (Å²) in [5, 5.41) is 3.05. The van der Waals surface area contributed by atoms with Crippen molar-refractivity contribution in [3.05, 3.63) is 53.1 Å². The van der Waals surface area contributed by atoms with Crippen molar-refractivity contribution in [2.24, 2.45) is 0 Å². The topological polar surface area (TPSA) is 88.2 Å². The summed E-state index contributed by atoms with van der Waals surface area (Å²) in [6, 6.07) is 12.0. The van der Waals surface area contributed by atoms with Crippen molar-refractivity contribution in [3.8, 4) is 5.75 Å². The first kappa shape index (κ1) is 25.5. The lowest BCUT2D eigenvalue weighted by Gasteiger charge is -2.28. The average molecular weight is 496 g/mol. The summed E-state index contributed by atoms with van der Waals surface area (Å²) < 4.78 is 37.8. The van der Waals surface area contributed by atoms with Gasteiger partial charge in [0.15, 0.2) is 0 Å². The van der Waals surface area contributed by atoms with Gasteiger partial charge in [-0.1, -0.05) is 30.7 Å². The molecule has 8 nitrogen and oxygen atoms in total. The van der Waals surface area contributed by atoms with E-state index in [1.54, 1.807) is 7.11 Å². The minimum absolute atomic E-state index is 0.0284. The van der Waals surface area contributed by atoms with Crippen molar-refractivity contribution in [1.82, 2.24) is 9.21 Å². The molecule has 10 heteroatoms. The molecule has 0 unspecified atom stereocenters. The molecule has 0 aromatic heterocycles. The Morgan fingerprint density at radius 3 is 2.64 bits per heavy atom. The summed E-state index contributed by atoms with van der Waals surface area (Å²) in [4.78, 5) is 14.9. The molecule has 0 radical (unpaired) electrons. The lowest BCUT2D eigenvalue weighted by Crippen LogP contribution is -2.40. The average Bonchev–Trinajstić information content (AvgIpc) is 2.84. The van der Waals surface area contributed by atoms with Gasteiger partial charge in [0.1, 0.15) is 5.75 Å². The van der Waals surface area contributed by atoms with Crippen LogP contribution in [0.25, 0.3) is 0 Å². The van der Waals surface area contributed by atoms with Crippen LogP contribution in [0.4, 0.5) is 5.69 Å². The highest BCUT2D eigenvalue weighted by atomic mass is 35.5. The zero-order chi connectivity index (χ0) is 24.0. The Morgan fingerprint density at radius 2 is 1.97 bits per heavy atom. The minimum Gasteiger partial charge on any atom is -0.497 e. The van der Waals surface area contributed by atoms with E-state index in [1.165, 1.54) is 22.5 Å². The van der Waals surface area contributed by atoms with Crippen LogP contribution in [0, 0.1) is 0 Å². The minimum atomic E-state index is -3.70. The van der Waals surface area contributed by atoms with Gasteiger partial charge in [0.2, 0.25) is 15.9 Å². The third-order valence-electron chi connectivity index (χ3n) is 5.70. The summed E-state index contributed by atoms with van der Waals surface area (Å²) >= 11 is 6.27. The van der Waals surface area contributed by atoms with E-state index < -0.39 is 10.0 Å². The van der Waals surface area contributed by atoms with E-state index in [0.29, 0.717) is 32.8 Å². The molecule has 1 fully saturated rings. The smallest absolute Gasteiger partial charge is 0.243 e. The Balaban J connectivity index is 1.73. The van der Waals surface area contributed by atoms with Gasteiger partial charge in [0.05, 0.1) is 42.5 Å². The number of nitrogens with one attached hydrogen (secondary N) is 1. The molecule has 1 heterocycles. The van der Waals surface area contributed by atoms with Crippen molar-refractivity contribution >= 4 is 33.2 Å². The maximum absolute atomic E-state index is 13.0. The van der Waals surface area contributed by atoms with Crippen molar-refractivity contribution in [3.63, 3.8) is 0 Å². The highest BCUT2D eigenvalue weighted by Crippen LogP contribution is 2.28. The van der Waals surface area contributed by atoms with Crippen LogP contribution < -0.4 is 10.1 Å². The maximum atomic E-state index is 13.0. The van der Waals surface area contributed by atoms with Crippen LogP contribution in [0.3, 0.4) is 0 Å². The Kier molecular flexibility index (Phi) is 8.72. The van der Waals surface area contributed by atoms with Gasteiger partial charge in [-0.05, 0) is 49.4 Å². The van der Waals surface area contributed by atoms with E-state index in [-0.39, 0.29) is 34.1 Å². The number of anilines is 1. The van der Waals surface area contributed by atoms with Gasteiger partial charge < -0.3 is 14.8 Å². The number of carbonyl (C=O) groups excluding carboxylic acids is 1. The normalized spacial score (nSPS) is 15.9. The number of likely N-dealkylation sites (N-methyl/N-ethyl adjacent to an activating group) is 1. The summed E-state index contributed by atoms with van der Waals surface area (Å²) in [7, 11) is -2.08. The number of halogens is 1. The van der Waals surface area contributed by atoms with Gasteiger partial charge in [-0.15, -0.1) is 0 Å². The molecule has 2 aromatic carbocycles. The van der Waals surface area contributed by atoms with E-state index in [0.717, 1.165) is 11.3 Å². The van der Waals surface area contributed by atoms with Crippen LogP contribution in [0.1, 0.15) is 25.5 Å². The highest BCUT2D eigenvalue weighted by Gasteiger charge is 2.27. The van der Waals surface area contributed by atoms with Crippen LogP contribution in [0.5, 0.6) is 5.75 Å². The highest BCUT2D eigenvalue weighted by molar-refractivity contribution is 7.89. The predicted molar refractivity (Wildman–Crippen MR) is 128 cm³/mol. The number of sulfonamides is 1. The second kappa shape index (κ2) is 11.3. The molecule has 1 aliphatic rings. The number of nitrogens with zero attached hydrogens (tertiary/aromatic N) is 2. The van der Waals surface area contributed by atoms with E-state index in [4.69, 9.17) is 21.1 Å².